The van der Waals surface area contributed by atoms with Crippen molar-refractivity contribution >= 4 is 24.3 Å². The van der Waals surface area contributed by atoms with Gasteiger partial charge in [0.1, 0.15) is 5.75 Å². The lowest BCUT2D eigenvalue weighted by molar-refractivity contribution is -0.141. The lowest BCUT2D eigenvalue weighted by Gasteiger charge is -2.29. The van der Waals surface area contributed by atoms with E-state index in [0.29, 0.717) is 36.2 Å². The van der Waals surface area contributed by atoms with Gasteiger partial charge in [-0.1, -0.05) is 6.07 Å². The minimum Gasteiger partial charge on any atom is -0.493 e. The van der Waals surface area contributed by atoms with Gasteiger partial charge in [-0.15, -0.1) is 12.4 Å². The Morgan fingerprint density at radius 1 is 1.10 bits per heavy atom. The fourth-order valence-corrected chi connectivity index (χ4v) is 4.69. The number of rotatable bonds is 8. The van der Waals surface area contributed by atoms with Crippen molar-refractivity contribution in [3.05, 3.63) is 29.3 Å². The molecule has 2 N–H and O–H groups in total. The number of piperidine rings is 1. The topological polar surface area (TPSA) is 76.7 Å². The highest BCUT2D eigenvalue weighted by Gasteiger charge is 2.25. The predicted molar refractivity (Wildman–Crippen MR) is 124 cm³/mol. The molecule has 1 heterocycles. The molecular formula is C24H37ClN2O4. The van der Waals surface area contributed by atoms with Gasteiger partial charge in [-0.25, -0.2) is 0 Å². The minimum absolute atomic E-state index is 0. The number of ether oxygens (including phenoxy) is 2. The van der Waals surface area contributed by atoms with E-state index < -0.39 is 0 Å². The second kappa shape index (κ2) is 12.9. The largest absolute Gasteiger partial charge is 0.493 e. The summed E-state index contributed by atoms with van der Waals surface area (Å²) in [6, 6.07) is 6.28. The normalized spacial score (nSPS) is 21.6. The second-order valence-electron chi connectivity index (χ2n) is 8.52. The maximum Gasteiger partial charge on any atom is 0.305 e. The molecule has 1 aliphatic carbocycles. The number of benzene rings is 1. The van der Waals surface area contributed by atoms with E-state index in [1.807, 2.05) is 13.0 Å². The molecule has 0 unspecified atom stereocenters. The first-order valence-corrected chi connectivity index (χ1v) is 11.5. The van der Waals surface area contributed by atoms with Crippen molar-refractivity contribution in [1.82, 2.24) is 10.6 Å². The van der Waals surface area contributed by atoms with Crippen molar-refractivity contribution in [2.75, 3.05) is 26.8 Å². The third kappa shape index (κ3) is 7.39. The Bertz CT molecular complexity index is 714. The van der Waals surface area contributed by atoms with Crippen LogP contribution in [0.3, 0.4) is 0 Å². The first-order valence-electron chi connectivity index (χ1n) is 11.5. The van der Waals surface area contributed by atoms with Gasteiger partial charge in [0, 0.05) is 12.5 Å². The van der Waals surface area contributed by atoms with Crippen LogP contribution in [0.4, 0.5) is 0 Å². The summed E-state index contributed by atoms with van der Waals surface area (Å²) in [7, 11) is 1.43. The van der Waals surface area contributed by atoms with Gasteiger partial charge in [-0.2, -0.15) is 0 Å². The van der Waals surface area contributed by atoms with E-state index in [9.17, 15) is 9.59 Å². The molecule has 31 heavy (non-hydrogen) atoms. The van der Waals surface area contributed by atoms with Crippen molar-refractivity contribution < 1.29 is 19.1 Å². The quantitative estimate of drug-likeness (QED) is 0.577. The molecule has 3 rings (SSSR count). The Morgan fingerprint density at radius 2 is 1.81 bits per heavy atom. The number of amides is 1. The molecule has 0 atom stereocenters. The van der Waals surface area contributed by atoms with Crippen LogP contribution >= 0.6 is 12.4 Å². The molecule has 2 aliphatic rings. The van der Waals surface area contributed by atoms with E-state index in [2.05, 4.69) is 22.8 Å². The molecular weight excluding hydrogens is 416 g/mol. The van der Waals surface area contributed by atoms with Gasteiger partial charge < -0.3 is 20.1 Å². The van der Waals surface area contributed by atoms with Crippen molar-refractivity contribution in [2.45, 2.75) is 70.3 Å². The van der Waals surface area contributed by atoms with Gasteiger partial charge >= 0.3 is 5.97 Å². The number of methoxy groups -OCH3 is 1. The molecule has 1 aromatic carbocycles. The van der Waals surface area contributed by atoms with Crippen LogP contribution in [-0.4, -0.2) is 44.7 Å². The Hall–Kier alpha value is -1.79. The smallest absolute Gasteiger partial charge is 0.305 e. The van der Waals surface area contributed by atoms with E-state index >= 15 is 0 Å². The van der Waals surface area contributed by atoms with E-state index in [1.54, 1.807) is 0 Å². The van der Waals surface area contributed by atoms with Crippen LogP contribution < -0.4 is 15.4 Å². The van der Waals surface area contributed by atoms with Crippen molar-refractivity contribution in [2.24, 2.45) is 5.92 Å². The van der Waals surface area contributed by atoms with Gasteiger partial charge in [0.25, 0.3) is 5.91 Å². The lowest BCUT2D eigenvalue weighted by Crippen LogP contribution is -2.38. The van der Waals surface area contributed by atoms with Crippen LogP contribution in [0.5, 0.6) is 5.75 Å². The summed E-state index contributed by atoms with van der Waals surface area (Å²) in [6.07, 6.45) is 7.58. The molecule has 0 bridgehead atoms. The summed E-state index contributed by atoms with van der Waals surface area (Å²) in [4.78, 5) is 24.3. The summed E-state index contributed by atoms with van der Waals surface area (Å²) in [5.74, 6) is 1.58. The maximum absolute atomic E-state index is 13.0. The molecule has 174 valence electrons. The Morgan fingerprint density at radius 3 is 2.45 bits per heavy atom. The first kappa shape index (κ1) is 25.5. The fraction of sp³-hybridized carbons (Fsp3) is 0.667. The number of hydrogen-bond donors (Lipinski definition) is 2. The van der Waals surface area contributed by atoms with Gasteiger partial charge in [-0.05, 0) is 94.5 Å². The second-order valence-corrected chi connectivity index (χ2v) is 8.52. The van der Waals surface area contributed by atoms with Gasteiger partial charge in [0.15, 0.2) is 0 Å². The Labute approximate surface area is 192 Å². The van der Waals surface area contributed by atoms with Crippen molar-refractivity contribution in [1.29, 1.82) is 0 Å². The van der Waals surface area contributed by atoms with Crippen LogP contribution in [0.25, 0.3) is 0 Å². The molecule has 1 aliphatic heterocycles. The van der Waals surface area contributed by atoms with Crippen LogP contribution in [0.1, 0.15) is 80.1 Å². The van der Waals surface area contributed by atoms with Crippen LogP contribution in [0.2, 0.25) is 0 Å². The summed E-state index contributed by atoms with van der Waals surface area (Å²) < 4.78 is 10.6. The van der Waals surface area contributed by atoms with Gasteiger partial charge in [0.05, 0.1) is 19.3 Å². The minimum atomic E-state index is -0.137. The zero-order valence-corrected chi connectivity index (χ0v) is 19.6. The van der Waals surface area contributed by atoms with Gasteiger partial charge in [-0.3, -0.25) is 9.59 Å². The zero-order chi connectivity index (χ0) is 21.3. The van der Waals surface area contributed by atoms with Crippen LogP contribution in [-0.2, 0) is 9.53 Å². The highest BCUT2D eigenvalue weighted by atomic mass is 35.5. The molecule has 0 aromatic heterocycles. The average molecular weight is 453 g/mol. The molecule has 2 fully saturated rings. The lowest BCUT2D eigenvalue weighted by atomic mass is 9.83. The number of esters is 1. The molecule has 1 saturated carbocycles. The molecule has 7 heteroatoms. The number of carbonyl (C=O) groups is 2. The molecule has 0 radical (unpaired) electrons. The zero-order valence-electron chi connectivity index (χ0n) is 18.8. The number of hydrogen-bond acceptors (Lipinski definition) is 5. The number of halogens is 1. The molecule has 0 spiro atoms. The molecule has 1 aromatic rings. The van der Waals surface area contributed by atoms with Gasteiger partial charge in [0.2, 0.25) is 0 Å². The van der Waals surface area contributed by atoms with E-state index in [1.165, 1.54) is 12.7 Å². The Balaban J connectivity index is 0.00000341. The highest BCUT2D eigenvalue weighted by Crippen LogP contribution is 2.31. The molecule has 6 nitrogen and oxygen atoms in total. The monoisotopic (exact) mass is 452 g/mol. The van der Waals surface area contributed by atoms with Crippen molar-refractivity contribution in [3.63, 3.8) is 0 Å². The maximum atomic E-state index is 13.0. The van der Waals surface area contributed by atoms with E-state index in [0.717, 1.165) is 58.0 Å². The van der Waals surface area contributed by atoms with Crippen LogP contribution in [0.15, 0.2) is 18.2 Å². The predicted octanol–water partition coefficient (Wildman–Crippen LogP) is 4.22. The Kier molecular flexibility index (Phi) is 10.6. The van der Waals surface area contributed by atoms with E-state index in [-0.39, 0.29) is 30.3 Å². The molecule has 1 amide bonds. The van der Waals surface area contributed by atoms with Crippen molar-refractivity contribution in [3.8, 4) is 5.75 Å². The summed E-state index contributed by atoms with van der Waals surface area (Å²) in [5.41, 5.74) is 1.89. The highest BCUT2D eigenvalue weighted by molar-refractivity contribution is 5.97. The average Bonchev–Trinajstić information content (AvgIpc) is 2.79. The summed E-state index contributed by atoms with van der Waals surface area (Å²) in [5, 5.41) is 6.61. The third-order valence-corrected chi connectivity index (χ3v) is 6.53. The SMILES string of the molecule is CCOc1cc(C2CCNCC2)ccc1C(=O)N[C@H]1CC[C@H](CCC(=O)OC)CC1.Cl. The third-order valence-electron chi connectivity index (χ3n) is 6.53. The number of carbonyl (C=O) groups excluding carboxylic acids is 2. The molecule has 1 saturated heterocycles. The van der Waals surface area contributed by atoms with E-state index in [4.69, 9.17) is 9.47 Å². The number of nitrogens with one attached hydrogen (secondary N) is 2. The van der Waals surface area contributed by atoms with Crippen LogP contribution in [0, 0.1) is 5.92 Å². The fourth-order valence-electron chi connectivity index (χ4n) is 4.69. The first-order chi connectivity index (χ1) is 14.6. The summed E-state index contributed by atoms with van der Waals surface area (Å²) in [6.45, 7) is 4.58. The standard InChI is InChI=1S/C24H36N2O4.ClH/c1-3-30-22-16-19(18-12-14-25-15-13-18)7-10-21(22)24(28)26-20-8-4-17(5-9-20)6-11-23(27)29-2;/h7,10,16-18,20,25H,3-6,8-9,11-15H2,1-2H3,(H,26,28);1H/t17-,20-;. The summed E-state index contributed by atoms with van der Waals surface area (Å²) >= 11 is 0.